The Morgan fingerprint density at radius 2 is 1.70 bits per heavy atom. The summed E-state index contributed by atoms with van der Waals surface area (Å²) < 4.78 is 40.2. The summed E-state index contributed by atoms with van der Waals surface area (Å²) in [5, 5.41) is 0.568. The number of rotatable bonds is 4. The molecule has 2 rings (SSSR count). The predicted molar refractivity (Wildman–Crippen MR) is 76.6 cm³/mol. The molecule has 0 amide bonds. The van der Waals surface area contributed by atoms with Crippen LogP contribution in [-0.4, -0.2) is 8.42 Å². The van der Waals surface area contributed by atoms with Crippen molar-refractivity contribution in [1.29, 1.82) is 0 Å². The van der Waals surface area contributed by atoms with E-state index in [4.69, 9.17) is 11.6 Å². The maximum atomic E-state index is 13.6. The first-order chi connectivity index (χ1) is 9.40. The third kappa shape index (κ3) is 3.36. The molecule has 0 radical (unpaired) electrons. The fourth-order valence-electron chi connectivity index (χ4n) is 1.78. The van der Waals surface area contributed by atoms with Crippen molar-refractivity contribution in [3.05, 3.63) is 64.9 Å². The molecule has 2 aromatic rings. The SMILES string of the molecule is C[C@H](NS(=O)(=O)c1ccccc1F)c1ccc(Cl)cc1. The molecule has 0 spiro atoms. The molecule has 3 nitrogen and oxygen atoms in total. The quantitative estimate of drug-likeness (QED) is 0.938. The first-order valence-corrected chi connectivity index (χ1v) is 7.78. The largest absolute Gasteiger partial charge is 0.244 e. The second kappa shape index (κ2) is 5.91. The van der Waals surface area contributed by atoms with Crippen molar-refractivity contribution >= 4 is 21.6 Å². The molecule has 6 heteroatoms. The van der Waals surface area contributed by atoms with Crippen molar-refractivity contribution in [3.8, 4) is 0 Å². The molecule has 0 fully saturated rings. The van der Waals surface area contributed by atoms with Gasteiger partial charge >= 0.3 is 0 Å². The van der Waals surface area contributed by atoms with Gasteiger partial charge in [-0.05, 0) is 36.8 Å². The molecule has 1 N–H and O–H groups in total. The lowest BCUT2D eigenvalue weighted by molar-refractivity contribution is 0.547. The Morgan fingerprint density at radius 1 is 1.10 bits per heavy atom. The lowest BCUT2D eigenvalue weighted by Crippen LogP contribution is -2.27. The maximum absolute atomic E-state index is 13.6. The van der Waals surface area contributed by atoms with Crippen molar-refractivity contribution < 1.29 is 12.8 Å². The van der Waals surface area contributed by atoms with Crippen LogP contribution in [0.2, 0.25) is 5.02 Å². The average Bonchev–Trinajstić information content (AvgIpc) is 2.39. The van der Waals surface area contributed by atoms with E-state index in [0.717, 1.165) is 11.6 Å². The van der Waals surface area contributed by atoms with Crippen LogP contribution in [0, 0.1) is 5.82 Å². The van der Waals surface area contributed by atoms with Gasteiger partial charge in [0.1, 0.15) is 10.7 Å². The molecule has 0 aromatic heterocycles. The Labute approximate surface area is 122 Å². The molecule has 0 saturated carbocycles. The first-order valence-electron chi connectivity index (χ1n) is 5.92. The van der Waals surface area contributed by atoms with Crippen LogP contribution in [0.1, 0.15) is 18.5 Å². The molecule has 1 atom stereocenters. The van der Waals surface area contributed by atoms with E-state index in [9.17, 15) is 12.8 Å². The highest BCUT2D eigenvalue weighted by atomic mass is 35.5. The Balaban J connectivity index is 2.24. The van der Waals surface area contributed by atoms with Crippen LogP contribution >= 0.6 is 11.6 Å². The van der Waals surface area contributed by atoms with Crippen LogP contribution in [0.4, 0.5) is 4.39 Å². The smallest absolute Gasteiger partial charge is 0.207 e. The predicted octanol–water partition coefficient (Wildman–Crippen LogP) is 3.52. The molecule has 0 bridgehead atoms. The minimum Gasteiger partial charge on any atom is -0.207 e. The molecule has 0 aliphatic rings. The fraction of sp³-hybridized carbons (Fsp3) is 0.143. The zero-order valence-corrected chi connectivity index (χ0v) is 12.2. The molecule has 0 aliphatic heterocycles. The molecule has 0 unspecified atom stereocenters. The van der Waals surface area contributed by atoms with Crippen molar-refractivity contribution in [2.24, 2.45) is 0 Å². The molecular formula is C14H13ClFNO2S. The molecule has 0 saturated heterocycles. The Kier molecular flexibility index (Phi) is 4.42. The van der Waals surface area contributed by atoms with Gasteiger partial charge < -0.3 is 0 Å². The number of hydrogen-bond donors (Lipinski definition) is 1. The van der Waals surface area contributed by atoms with Gasteiger partial charge in [0.05, 0.1) is 0 Å². The molecule has 20 heavy (non-hydrogen) atoms. The topological polar surface area (TPSA) is 46.2 Å². The summed E-state index contributed by atoms with van der Waals surface area (Å²) >= 11 is 5.78. The number of sulfonamides is 1. The van der Waals surface area contributed by atoms with E-state index < -0.39 is 21.9 Å². The maximum Gasteiger partial charge on any atom is 0.244 e. The fourth-order valence-corrected chi connectivity index (χ4v) is 3.22. The van der Waals surface area contributed by atoms with Gasteiger partial charge in [-0.1, -0.05) is 35.9 Å². The summed E-state index contributed by atoms with van der Waals surface area (Å²) in [6, 6.07) is 11.6. The molecular weight excluding hydrogens is 301 g/mol. The van der Waals surface area contributed by atoms with E-state index in [1.807, 2.05) is 0 Å². The van der Waals surface area contributed by atoms with E-state index in [0.29, 0.717) is 5.02 Å². The lowest BCUT2D eigenvalue weighted by Gasteiger charge is -2.15. The van der Waals surface area contributed by atoms with Crippen molar-refractivity contribution in [1.82, 2.24) is 4.72 Å². The summed E-state index contributed by atoms with van der Waals surface area (Å²) in [4.78, 5) is -0.360. The van der Waals surface area contributed by atoms with Crippen molar-refractivity contribution in [2.45, 2.75) is 17.9 Å². The van der Waals surface area contributed by atoms with Gasteiger partial charge in [0.15, 0.2) is 0 Å². The van der Waals surface area contributed by atoms with E-state index in [1.165, 1.54) is 18.2 Å². The van der Waals surface area contributed by atoms with Gasteiger partial charge in [0.2, 0.25) is 10.0 Å². The van der Waals surface area contributed by atoms with E-state index in [1.54, 1.807) is 31.2 Å². The Morgan fingerprint density at radius 3 is 2.30 bits per heavy atom. The van der Waals surface area contributed by atoms with Crippen LogP contribution in [0.25, 0.3) is 0 Å². The van der Waals surface area contributed by atoms with Gasteiger partial charge in [-0.2, -0.15) is 0 Å². The third-order valence-corrected chi connectivity index (χ3v) is 4.65. The highest BCUT2D eigenvalue weighted by Gasteiger charge is 2.21. The number of benzene rings is 2. The molecule has 106 valence electrons. The second-order valence-electron chi connectivity index (χ2n) is 4.32. The van der Waals surface area contributed by atoms with Gasteiger partial charge in [-0.15, -0.1) is 0 Å². The summed E-state index contributed by atoms with van der Waals surface area (Å²) in [7, 11) is -3.91. The minimum absolute atomic E-state index is 0.360. The van der Waals surface area contributed by atoms with Crippen molar-refractivity contribution in [3.63, 3.8) is 0 Å². The molecule has 0 aliphatic carbocycles. The van der Waals surface area contributed by atoms with Gasteiger partial charge in [0, 0.05) is 11.1 Å². The van der Waals surface area contributed by atoms with Gasteiger partial charge in [-0.25, -0.2) is 17.5 Å². The summed E-state index contributed by atoms with van der Waals surface area (Å²) in [6.07, 6.45) is 0. The Hall–Kier alpha value is -1.43. The van der Waals surface area contributed by atoms with Crippen LogP contribution in [0.15, 0.2) is 53.4 Å². The van der Waals surface area contributed by atoms with Crippen LogP contribution < -0.4 is 4.72 Å². The zero-order valence-electron chi connectivity index (χ0n) is 10.7. The van der Waals surface area contributed by atoms with Crippen LogP contribution in [-0.2, 0) is 10.0 Å². The third-order valence-electron chi connectivity index (χ3n) is 2.83. The summed E-state index contributed by atoms with van der Waals surface area (Å²) in [5.74, 6) is -0.775. The molecule has 2 aromatic carbocycles. The van der Waals surface area contributed by atoms with Crippen LogP contribution in [0.5, 0.6) is 0 Å². The Bertz CT molecular complexity index is 701. The zero-order chi connectivity index (χ0) is 14.8. The lowest BCUT2D eigenvalue weighted by atomic mass is 10.1. The number of halogens is 2. The minimum atomic E-state index is -3.91. The van der Waals surface area contributed by atoms with Crippen molar-refractivity contribution in [2.75, 3.05) is 0 Å². The number of nitrogens with one attached hydrogen (secondary N) is 1. The highest BCUT2D eigenvalue weighted by Crippen LogP contribution is 2.20. The van der Waals surface area contributed by atoms with Crippen LogP contribution in [0.3, 0.4) is 0 Å². The monoisotopic (exact) mass is 313 g/mol. The van der Waals surface area contributed by atoms with Gasteiger partial charge in [0.25, 0.3) is 0 Å². The highest BCUT2D eigenvalue weighted by molar-refractivity contribution is 7.89. The van der Waals surface area contributed by atoms with E-state index in [2.05, 4.69) is 4.72 Å². The average molecular weight is 314 g/mol. The normalized spacial score (nSPS) is 13.2. The second-order valence-corrected chi connectivity index (χ2v) is 6.44. The summed E-state index contributed by atoms with van der Waals surface area (Å²) in [5.41, 5.74) is 0.745. The standard InChI is InChI=1S/C14H13ClFNO2S/c1-10(11-6-8-12(15)9-7-11)17-20(18,19)14-5-3-2-4-13(14)16/h2-10,17H,1H3/t10-/m0/s1. The van der Waals surface area contributed by atoms with Gasteiger partial charge in [-0.3, -0.25) is 0 Å². The number of hydrogen-bond acceptors (Lipinski definition) is 2. The summed E-state index contributed by atoms with van der Waals surface area (Å²) in [6.45, 7) is 1.68. The van der Waals surface area contributed by atoms with E-state index >= 15 is 0 Å². The first kappa shape index (κ1) is 15.0. The molecule has 0 heterocycles. The van der Waals surface area contributed by atoms with E-state index in [-0.39, 0.29) is 4.90 Å².